The molecule has 7 nitrogen and oxygen atoms in total. The quantitative estimate of drug-likeness (QED) is 0.619. The molecule has 7 heteroatoms. The zero-order chi connectivity index (χ0) is 19.3. The van der Waals surface area contributed by atoms with E-state index in [1.54, 1.807) is 24.3 Å². The van der Waals surface area contributed by atoms with Crippen LogP contribution < -0.4 is 10.1 Å². The fourth-order valence-electron chi connectivity index (χ4n) is 3.32. The second-order valence-electron chi connectivity index (χ2n) is 6.41. The molecule has 3 rings (SSSR count). The van der Waals surface area contributed by atoms with Gasteiger partial charge < -0.3 is 14.8 Å². The predicted molar refractivity (Wildman–Crippen MR) is 101 cm³/mol. The smallest absolute Gasteiger partial charge is 0.269 e. The summed E-state index contributed by atoms with van der Waals surface area (Å²) < 4.78 is 10.9. The number of carbonyl (C=O) groups is 1. The zero-order valence-electron chi connectivity index (χ0n) is 15.1. The Kier molecular flexibility index (Phi) is 5.71. The van der Waals surface area contributed by atoms with Crippen molar-refractivity contribution in [2.75, 3.05) is 25.1 Å². The van der Waals surface area contributed by atoms with Gasteiger partial charge in [-0.1, -0.05) is 12.1 Å². The largest absolute Gasteiger partial charge is 0.494 e. The molecule has 0 bridgehead atoms. The van der Waals surface area contributed by atoms with Crippen LogP contribution >= 0.6 is 0 Å². The number of nitrogens with one attached hydrogen (secondary N) is 1. The summed E-state index contributed by atoms with van der Waals surface area (Å²) in [6, 6.07) is 13.4. The minimum absolute atomic E-state index is 0.00730. The van der Waals surface area contributed by atoms with Gasteiger partial charge in [-0.05, 0) is 49.6 Å². The molecule has 27 heavy (non-hydrogen) atoms. The molecule has 0 aliphatic carbocycles. The summed E-state index contributed by atoms with van der Waals surface area (Å²) in [5.41, 5.74) is 0.676. The third-order valence-corrected chi connectivity index (χ3v) is 4.83. The van der Waals surface area contributed by atoms with Crippen molar-refractivity contribution in [1.82, 2.24) is 0 Å². The Labute approximate surface area is 157 Å². The molecule has 1 amide bonds. The van der Waals surface area contributed by atoms with E-state index >= 15 is 0 Å². The standard InChI is InChI=1S/C20H22N2O5/c1-2-27-18-9-5-16(6-10-18)21-19(23)20(11-13-26-14-12-20)15-3-7-17(8-4-15)22(24)25/h3-10H,2,11-14H2,1H3,(H,21,23). The van der Waals surface area contributed by atoms with Crippen LogP contribution in [0.3, 0.4) is 0 Å². The van der Waals surface area contributed by atoms with E-state index in [0.29, 0.717) is 38.3 Å². The molecule has 2 aromatic rings. The normalized spacial score (nSPS) is 15.7. The zero-order valence-corrected chi connectivity index (χ0v) is 15.1. The summed E-state index contributed by atoms with van der Waals surface area (Å²) in [5.74, 6) is 0.607. The van der Waals surface area contributed by atoms with Crippen molar-refractivity contribution < 1.29 is 19.2 Å². The number of non-ortho nitro benzene ring substituents is 1. The van der Waals surface area contributed by atoms with Crippen LogP contribution in [-0.4, -0.2) is 30.7 Å². The highest BCUT2D eigenvalue weighted by molar-refractivity contribution is 5.99. The van der Waals surface area contributed by atoms with Gasteiger partial charge >= 0.3 is 0 Å². The second kappa shape index (κ2) is 8.18. The van der Waals surface area contributed by atoms with Crippen molar-refractivity contribution in [1.29, 1.82) is 0 Å². The average Bonchev–Trinajstić information content (AvgIpc) is 2.70. The molecule has 0 aromatic heterocycles. The highest BCUT2D eigenvalue weighted by Crippen LogP contribution is 2.37. The third kappa shape index (κ3) is 4.09. The summed E-state index contributed by atoms with van der Waals surface area (Å²) in [5, 5.41) is 13.9. The number of nitro benzene ring substituents is 1. The summed E-state index contributed by atoms with van der Waals surface area (Å²) >= 11 is 0. The maximum Gasteiger partial charge on any atom is 0.269 e. The Balaban J connectivity index is 1.84. The highest BCUT2D eigenvalue weighted by Gasteiger charge is 2.42. The molecule has 1 heterocycles. The number of benzene rings is 2. The van der Waals surface area contributed by atoms with Crippen LogP contribution in [-0.2, 0) is 14.9 Å². The van der Waals surface area contributed by atoms with Crippen LogP contribution in [0.4, 0.5) is 11.4 Å². The van der Waals surface area contributed by atoms with Crippen LogP contribution in [0, 0.1) is 10.1 Å². The number of amides is 1. The van der Waals surface area contributed by atoms with Gasteiger partial charge in [0.25, 0.3) is 5.69 Å². The summed E-state index contributed by atoms with van der Waals surface area (Å²) in [6.07, 6.45) is 1.04. The van der Waals surface area contributed by atoms with E-state index < -0.39 is 10.3 Å². The van der Waals surface area contributed by atoms with E-state index in [4.69, 9.17) is 9.47 Å². The van der Waals surface area contributed by atoms with Crippen LogP contribution in [0.2, 0.25) is 0 Å². The number of hydrogen-bond donors (Lipinski definition) is 1. The average molecular weight is 370 g/mol. The van der Waals surface area contributed by atoms with E-state index in [9.17, 15) is 14.9 Å². The molecule has 1 saturated heterocycles. The van der Waals surface area contributed by atoms with Gasteiger partial charge in [-0.15, -0.1) is 0 Å². The Morgan fingerprint density at radius 1 is 1.15 bits per heavy atom. The number of nitrogens with zero attached hydrogens (tertiary/aromatic N) is 1. The first-order valence-electron chi connectivity index (χ1n) is 8.92. The molecular weight excluding hydrogens is 348 g/mol. The van der Waals surface area contributed by atoms with Crippen LogP contribution in [0.25, 0.3) is 0 Å². The third-order valence-electron chi connectivity index (χ3n) is 4.83. The van der Waals surface area contributed by atoms with E-state index in [-0.39, 0.29) is 11.6 Å². The molecule has 1 aliphatic rings. The number of rotatable bonds is 6. The van der Waals surface area contributed by atoms with Gasteiger partial charge in [-0.25, -0.2) is 0 Å². The number of carbonyl (C=O) groups excluding carboxylic acids is 1. The SMILES string of the molecule is CCOc1ccc(NC(=O)C2(c3ccc([N+](=O)[O-])cc3)CCOCC2)cc1. The van der Waals surface area contributed by atoms with Crippen LogP contribution in [0.5, 0.6) is 5.75 Å². The maximum absolute atomic E-state index is 13.2. The summed E-state index contributed by atoms with van der Waals surface area (Å²) in [7, 11) is 0. The molecule has 0 unspecified atom stereocenters. The van der Waals surface area contributed by atoms with Crippen molar-refractivity contribution in [3.63, 3.8) is 0 Å². The van der Waals surface area contributed by atoms with E-state index in [1.807, 2.05) is 19.1 Å². The molecule has 1 fully saturated rings. The van der Waals surface area contributed by atoms with Gasteiger partial charge in [0.2, 0.25) is 5.91 Å². The minimum atomic E-state index is -0.772. The molecule has 142 valence electrons. The number of anilines is 1. The van der Waals surface area contributed by atoms with E-state index in [1.165, 1.54) is 12.1 Å². The van der Waals surface area contributed by atoms with Gasteiger partial charge in [0, 0.05) is 31.0 Å². The minimum Gasteiger partial charge on any atom is -0.494 e. The Morgan fingerprint density at radius 3 is 2.33 bits per heavy atom. The molecule has 2 aromatic carbocycles. The predicted octanol–water partition coefficient (Wildman–Crippen LogP) is 3.68. The van der Waals surface area contributed by atoms with Gasteiger partial charge in [-0.3, -0.25) is 14.9 Å². The fraction of sp³-hybridized carbons (Fsp3) is 0.350. The maximum atomic E-state index is 13.2. The van der Waals surface area contributed by atoms with E-state index in [2.05, 4.69) is 5.32 Å². The van der Waals surface area contributed by atoms with E-state index in [0.717, 1.165) is 11.3 Å². The molecular formula is C20H22N2O5. The molecule has 0 atom stereocenters. The first kappa shape index (κ1) is 18.8. The highest BCUT2D eigenvalue weighted by atomic mass is 16.6. The Morgan fingerprint density at radius 2 is 1.78 bits per heavy atom. The summed E-state index contributed by atoms with van der Waals surface area (Å²) in [4.78, 5) is 23.7. The van der Waals surface area contributed by atoms with Crippen molar-refractivity contribution >= 4 is 17.3 Å². The lowest BCUT2D eigenvalue weighted by Gasteiger charge is -2.36. The lowest BCUT2D eigenvalue weighted by Crippen LogP contribution is -2.44. The summed E-state index contributed by atoms with van der Waals surface area (Å²) in [6.45, 7) is 3.42. The second-order valence-corrected chi connectivity index (χ2v) is 6.41. The number of ether oxygens (including phenoxy) is 2. The Hall–Kier alpha value is -2.93. The van der Waals surface area contributed by atoms with Gasteiger partial charge in [0.05, 0.1) is 16.9 Å². The molecule has 0 spiro atoms. The van der Waals surface area contributed by atoms with Gasteiger partial charge in [0.1, 0.15) is 5.75 Å². The van der Waals surface area contributed by atoms with Crippen molar-refractivity contribution in [3.8, 4) is 5.75 Å². The Bertz CT molecular complexity index is 796. The molecule has 1 N–H and O–H groups in total. The van der Waals surface area contributed by atoms with Crippen LogP contribution in [0.15, 0.2) is 48.5 Å². The van der Waals surface area contributed by atoms with Crippen LogP contribution in [0.1, 0.15) is 25.3 Å². The first-order chi connectivity index (χ1) is 13.0. The lowest BCUT2D eigenvalue weighted by molar-refractivity contribution is -0.384. The monoisotopic (exact) mass is 370 g/mol. The molecule has 1 aliphatic heterocycles. The number of nitro groups is 1. The first-order valence-corrected chi connectivity index (χ1v) is 8.92. The molecule has 0 saturated carbocycles. The lowest BCUT2D eigenvalue weighted by atomic mass is 9.73. The fourth-order valence-corrected chi connectivity index (χ4v) is 3.32. The van der Waals surface area contributed by atoms with Crippen molar-refractivity contribution in [2.45, 2.75) is 25.2 Å². The van der Waals surface area contributed by atoms with Gasteiger partial charge in [-0.2, -0.15) is 0 Å². The number of hydrogen-bond acceptors (Lipinski definition) is 5. The van der Waals surface area contributed by atoms with Crippen molar-refractivity contribution in [2.24, 2.45) is 0 Å². The van der Waals surface area contributed by atoms with Gasteiger partial charge in [0.15, 0.2) is 0 Å². The topological polar surface area (TPSA) is 90.7 Å². The molecule has 0 radical (unpaired) electrons. The van der Waals surface area contributed by atoms with Crippen molar-refractivity contribution in [3.05, 3.63) is 64.2 Å².